The van der Waals surface area contributed by atoms with Gasteiger partial charge in [0.15, 0.2) is 0 Å². The molecule has 1 saturated heterocycles. The molecule has 21 heavy (non-hydrogen) atoms. The Labute approximate surface area is 135 Å². The Kier molecular flexibility index (Phi) is 5.19. The van der Waals surface area contributed by atoms with Crippen molar-refractivity contribution in [3.63, 3.8) is 0 Å². The molecule has 2 aliphatic rings. The van der Waals surface area contributed by atoms with E-state index in [-0.39, 0.29) is 0 Å². The highest BCUT2D eigenvalue weighted by atomic mass is 79.9. The predicted molar refractivity (Wildman–Crippen MR) is 87.8 cm³/mol. The SMILES string of the molecule is Brc1cccc(OCCC2(CNC3CC3)CCOCC2)c1. The fourth-order valence-electron chi connectivity index (χ4n) is 2.91. The van der Waals surface area contributed by atoms with Crippen LogP contribution in [0.4, 0.5) is 0 Å². The van der Waals surface area contributed by atoms with Crippen molar-refractivity contribution in [2.75, 3.05) is 26.4 Å². The molecule has 1 saturated carbocycles. The molecule has 1 aliphatic carbocycles. The zero-order chi connectivity index (χ0) is 14.5. The Bertz CT molecular complexity index is 456. The van der Waals surface area contributed by atoms with E-state index in [4.69, 9.17) is 9.47 Å². The molecule has 0 atom stereocenters. The largest absolute Gasteiger partial charge is 0.494 e. The lowest BCUT2D eigenvalue weighted by Crippen LogP contribution is -2.41. The first kappa shape index (κ1) is 15.3. The summed E-state index contributed by atoms with van der Waals surface area (Å²) in [5.74, 6) is 0.946. The first-order valence-corrected chi connectivity index (χ1v) is 8.75. The highest BCUT2D eigenvalue weighted by Crippen LogP contribution is 2.35. The first-order valence-electron chi connectivity index (χ1n) is 7.95. The van der Waals surface area contributed by atoms with Gasteiger partial charge >= 0.3 is 0 Å². The third-order valence-electron chi connectivity index (χ3n) is 4.59. The van der Waals surface area contributed by atoms with Crippen LogP contribution >= 0.6 is 15.9 Å². The molecule has 0 unspecified atom stereocenters. The summed E-state index contributed by atoms with van der Waals surface area (Å²) in [6, 6.07) is 8.85. The van der Waals surface area contributed by atoms with E-state index in [1.54, 1.807) is 0 Å². The van der Waals surface area contributed by atoms with Gasteiger partial charge in [0.25, 0.3) is 0 Å². The number of nitrogens with one attached hydrogen (secondary N) is 1. The van der Waals surface area contributed by atoms with E-state index >= 15 is 0 Å². The van der Waals surface area contributed by atoms with E-state index in [9.17, 15) is 0 Å². The average molecular weight is 354 g/mol. The van der Waals surface area contributed by atoms with Gasteiger partial charge in [-0.3, -0.25) is 0 Å². The maximum absolute atomic E-state index is 5.94. The smallest absolute Gasteiger partial charge is 0.120 e. The fraction of sp³-hybridized carbons (Fsp3) is 0.647. The normalized spacial score (nSPS) is 21.2. The molecule has 1 aromatic carbocycles. The van der Waals surface area contributed by atoms with E-state index in [1.165, 1.54) is 12.8 Å². The van der Waals surface area contributed by atoms with Crippen molar-refractivity contribution in [1.29, 1.82) is 0 Å². The summed E-state index contributed by atoms with van der Waals surface area (Å²) in [5, 5.41) is 3.71. The Balaban J connectivity index is 1.51. The topological polar surface area (TPSA) is 30.5 Å². The molecule has 1 aliphatic heterocycles. The molecule has 2 fully saturated rings. The standard InChI is InChI=1S/C17H24BrNO2/c18-14-2-1-3-16(12-14)21-11-8-17(6-9-20-10-7-17)13-19-15-4-5-15/h1-3,12,15,19H,4-11,13H2. The van der Waals surface area contributed by atoms with Crippen molar-refractivity contribution in [3.05, 3.63) is 28.7 Å². The molecule has 0 spiro atoms. The van der Waals surface area contributed by atoms with Crippen LogP contribution in [0.1, 0.15) is 32.1 Å². The summed E-state index contributed by atoms with van der Waals surface area (Å²) in [7, 11) is 0. The third kappa shape index (κ3) is 4.70. The van der Waals surface area contributed by atoms with Crippen molar-refractivity contribution in [2.45, 2.75) is 38.1 Å². The zero-order valence-corrected chi connectivity index (χ0v) is 14.0. The summed E-state index contributed by atoms with van der Waals surface area (Å²) < 4.78 is 12.6. The van der Waals surface area contributed by atoms with E-state index in [2.05, 4.69) is 21.2 Å². The van der Waals surface area contributed by atoms with Gasteiger partial charge in [-0.15, -0.1) is 0 Å². The summed E-state index contributed by atoms with van der Waals surface area (Å²) in [6.45, 7) is 3.68. The molecule has 116 valence electrons. The molecule has 4 heteroatoms. The Morgan fingerprint density at radius 1 is 1.29 bits per heavy atom. The summed E-state index contributed by atoms with van der Waals surface area (Å²) in [4.78, 5) is 0. The predicted octanol–water partition coefficient (Wildman–Crippen LogP) is 3.77. The van der Waals surface area contributed by atoms with Gasteiger partial charge < -0.3 is 14.8 Å². The molecule has 1 heterocycles. The highest BCUT2D eigenvalue weighted by Gasteiger charge is 2.34. The molecule has 3 nitrogen and oxygen atoms in total. The minimum absolute atomic E-state index is 0.354. The summed E-state index contributed by atoms with van der Waals surface area (Å²) in [5.41, 5.74) is 0.354. The van der Waals surface area contributed by atoms with Gasteiger partial charge in [-0.1, -0.05) is 22.0 Å². The second kappa shape index (κ2) is 7.12. The van der Waals surface area contributed by atoms with E-state index < -0.39 is 0 Å². The molecule has 3 rings (SSSR count). The van der Waals surface area contributed by atoms with Crippen molar-refractivity contribution >= 4 is 15.9 Å². The molecular weight excluding hydrogens is 330 g/mol. The number of rotatable bonds is 7. The number of hydrogen-bond donors (Lipinski definition) is 1. The summed E-state index contributed by atoms with van der Waals surface area (Å²) >= 11 is 3.48. The fourth-order valence-corrected chi connectivity index (χ4v) is 3.29. The van der Waals surface area contributed by atoms with Gasteiger partial charge in [0.1, 0.15) is 5.75 Å². The highest BCUT2D eigenvalue weighted by molar-refractivity contribution is 9.10. The van der Waals surface area contributed by atoms with Gasteiger partial charge in [-0.05, 0) is 55.7 Å². The van der Waals surface area contributed by atoms with Gasteiger partial charge in [0.2, 0.25) is 0 Å². The van der Waals surface area contributed by atoms with E-state index in [1.807, 2.05) is 24.3 Å². The molecular formula is C17H24BrNO2. The Morgan fingerprint density at radius 3 is 2.81 bits per heavy atom. The lowest BCUT2D eigenvalue weighted by Gasteiger charge is -2.37. The van der Waals surface area contributed by atoms with Crippen LogP contribution in [0, 0.1) is 5.41 Å². The minimum Gasteiger partial charge on any atom is -0.494 e. The molecule has 0 amide bonds. The van der Waals surface area contributed by atoms with E-state index in [0.717, 1.165) is 61.9 Å². The first-order chi connectivity index (χ1) is 10.3. The third-order valence-corrected chi connectivity index (χ3v) is 5.09. The van der Waals surface area contributed by atoms with Gasteiger partial charge in [-0.25, -0.2) is 0 Å². The molecule has 1 N–H and O–H groups in total. The van der Waals surface area contributed by atoms with Gasteiger partial charge in [0, 0.05) is 30.3 Å². The Morgan fingerprint density at radius 2 is 2.10 bits per heavy atom. The van der Waals surface area contributed by atoms with Crippen LogP contribution in [0.15, 0.2) is 28.7 Å². The molecule has 0 bridgehead atoms. The number of ether oxygens (including phenoxy) is 2. The lowest BCUT2D eigenvalue weighted by molar-refractivity contribution is 0.00405. The van der Waals surface area contributed by atoms with Crippen LogP contribution in [-0.4, -0.2) is 32.4 Å². The van der Waals surface area contributed by atoms with Gasteiger partial charge in [-0.2, -0.15) is 0 Å². The second-order valence-electron chi connectivity index (χ2n) is 6.32. The molecule has 1 aromatic rings. The van der Waals surface area contributed by atoms with Crippen LogP contribution in [0.5, 0.6) is 5.75 Å². The maximum atomic E-state index is 5.94. The second-order valence-corrected chi connectivity index (χ2v) is 7.24. The minimum atomic E-state index is 0.354. The zero-order valence-electron chi connectivity index (χ0n) is 12.4. The van der Waals surface area contributed by atoms with Gasteiger partial charge in [0.05, 0.1) is 6.61 Å². The lowest BCUT2D eigenvalue weighted by atomic mass is 9.77. The van der Waals surface area contributed by atoms with Crippen LogP contribution in [0.2, 0.25) is 0 Å². The van der Waals surface area contributed by atoms with Crippen molar-refractivity contribution in [1.82, 2.24) is 5.32 Å². The number of halogens is 1. The Hall–Kier alpha value is -0.580. The monoisotopic (exact) mass is 353 g/mol. The van der Waals surface area contributed by atoms with Crippen molar-refractivity contribution in [3.8, 4) is 5.75 Å². The number of hydrogen-bond acceptors (Lipinski definition) is 3. The maximum Gasteiger partial charge on any atom is 0.120 e. The number of benzene rings is 1. The molecule has 0 aromatic heterocycles. The van der Waals surface area contributed by atoms with Crippen LogP contribution in [0.25, 0.3) is 0 Å². The van der Waals surface area contributed by atoms with Crippen LogP contribution < -0.4 is 10.1 Å². The average Bonchev–Trinajstić information content (AvgIpc) is 3.31. The van der Waals surface area contributed by atoms with Crippen LogP contribution in [0.3, 0.4) is 0 Å². The van der Waals surface area contributed by atoms with Crippen LogP contribution in [-0.2, 0) is 4.74 Å². The van der Waals surface area contributed by atoms with Crippen molar-refractivity contribution in [2.24, 2.45) is 5.41 Å². The molecule has 0 radical (unpaired) electrons. The summed E-state index contributed by atoms with van der Waals surface area (Å²) in [6.07, 6.45) is 6.09. The van der Waals surface area contributed by atoms with Crippen molar-refractivity contribution < 1.29 is 9.47 Å². The van der Waals surface area contributed by atoms with E-state index in [0.29, 0.717) is 5.41 Å². The quantitative estimate of drug-likeness (QED) is 0.809.